The molecule has 116 valence electrons. The maximum atomic E-state index is 12.9. The van der Waals surface area contributed by atoms with Crippen LogP contribution in [0.4, 0.5) is 15.9 Å². The molecular weight excluding hydrogens is 299 g/mol. The summed E-state index contributed by atoms with van der Waals surface area (Å²) in [5, 5.41) is 6.79. The minimum absolute atomic E-state index is 0.0544. The van der Waals surface area contributed by atoms with Crippen LogP contribution in [-0.4, -0.2) is 25.7 Å². The molecule has 0 radical (unpaired) electrons. The van der Waals surface area contributed by atoms with Gasteiger partial charge in [0.1, 0.15) is 5.82 Å². The number of halogens is 1. The number of nitrogens with one attached hydrogen (secondary N) is 1. The molecule has 0 bridgehead atoms. The van der Waals surface area contributed by atoms with Crippen LogP contribution in [0.3, 0.4) is 0 Å². The van der Waals surface area contributed by atoms with Gasteiger partial charge in [0.15, 0.2) is 11.5 Å². The summed E-state index contributed by atoms with van der Waals surface area (Å²) in [5.74, 6) is -0.690. The van der Waals surface area contributed by atoms with Gasteiger partial charge in [-0.2, -0.15) is 5.10 Å². The third-order valence-corrected chi connectivity index (χ3v) is 3.09. The van der Waals surface area contributed by atoms with Crippen LogP contribution >= 0.6 is 0 Å². The summed E-state index contributed by atoms with van der Waals surface area (Å²) >= 11 is 0. The fourth-order valence-electron chi connectivity index (χ4n) is 2.01. The van der Waals surface area contributed by atoms with Gasteiger partial charge in [0.05, 0.1) is 18.4 Å². The third kappa shape index (κ3) is 3.49. The maximum absolute atomic E-state index is 12.9. The first-order valence-electron chi connectivity index (χ1n) is 6.76. The molecule has 2 aromatic heterocycles. The van der Waals surface area contributed by atoms with Crippen LogP contribution < -0.4 is 11.1 Å². The molecule has 0 spiro atoms. The van der Waals surface area contributed by atoms with Gasteiger partial charge in [0.2, 0.25) is 0 Å². The van der Waals surface area contributed by atoms with Gasteiger partial charge in [-0.1, -0.05) is 12.1 Å². The molecule has 0 aliphatic heterocycles. The zero-order chi connectivity index (χ0) is 16.2. The number of amides is 1. The zero-order valence-corrected chi connectivity index (χ0v) is 12.0. The number of rotatable bonds is 4. The van der Waals surface area contributed by atoms with Crippen molar-refractivity contribution in [1.29, 1.82) is 0 Å². The first kappa shape index (κ1) is 14.6. The van der Waals surface area contributed by atoms with Gasteiger partial charge < -0.3 is 11.1 Å². The van der Waals surface area contributed by atoms with Gasteiger partial charge in [0.25, 0.3) is 5.91 Å². The SMILES string of the molecule is Nc1nccnc1C(=O)Nc1cnn(Cc2ccc(F)cc2)c1. The second kappa shape index (κ2) is 6.22. The number of benzene rings is 1. The number of aromatic nitrogens is 4. The number of nitrogen functional groups attached to an aromatic ring is 1. The van der Waals surface area contributed by atoms with Crippen molar-refractivity contribution in [2.75, 3.05) is 11.1 Å². The van der Waals surface area contributed by atoms with E-state index in [2.05, 4.69) is 20.4 Å². The normalized spacial score (nSPS) is 10.5. The van der Waals surface area contributed by atoms with Crippen LogP contribution in [0.2, 0.25) is 0 Å². The van der Waals surface area contributed by atoms with E-state index in [0.29, 0.717) is 12.2 Å². The van der Waals surface area contributed by atoms with E-state index in [1.807, 2.05) is 0 Å². The predicted octanol–water partition coefficient (Wildman–Crippen LogP) is 1.69. The van der Waals surface area contributed by atoms with Crippen LogP contribution in [-0.2, 0) is 6.54 Å². The van der Waals surface area contributed by atoms with Gasteiger partial charge in [-0.3, -0.25) is 9.48 Å². The molecule has 0 atom stereocenters. The number of hydrogen-bond acceptors (Lipinski definition) is 5. The Labute approximate surface area is 131 Å². The lowest BCUT2D eigenvalue weighted by Gasteiger charge is -2.03. The highest BCUT2D eigenvalue weighted by Crippen LogP contribution is 2.11. The Morgan fingerprint density at radius 1 is 1.22 bits per heavy atom. The Morgan fingerprint density at radius 2 is 1.96 bits per heavy atom. The molecule has 1 aromatic carbocycles. The lowest BCUT2D eigenvalue weighted by Crippen LogP contribution is -2.16. The van der Waals surface area contributed by atoms with E-state index >= 15 is 0 Å². The number of nitrogens with zero attached hydrogens (tertiary/aromatic N) is 4. The number of hydrogen-bond donors (Lipinski definition) is 2. The average Bonchev–Trinajstić information content (AvgIpc) is 2.97. The number of anilines is 2. The predicted molar refractivity (Wildman–Crippen MR) is 82.1 cm³/mol. The summed E-state index contributed by atoms with van der Waals surface area (Å²) in [6, 6.07) is 6.13. The summed E-state index contributed by atoms with van der Waals surface area (Å²) < 4.78 is 14.5. The number of nitrogens with two attached hydrogens (primary N) is 1. The van der Waals surface area contributed by atoms with Gasteiger partial charge in [-0.05, 0) is 17.7 Å². The van der Waals surface area contributed by atoms with Crippen LogP contribution in [0.5, 0.6) is 0 Å². The molecule has 3 aromatic rings. The topological polar surface area (TPSA) is 98.7 Å². The zero-order valence-electron chi connectivity index (χ0n) is 12.0. The molecular formula is C15H13FN6O. The second-order valence-electron chi connectivity index (χ2n) is 4.80. The van der Waals surface area contributed by atoms with Crippen molar-refractivity contribution in [2.24, 2.45) is 0 Å². The molecule has 0 saturated carbocycles. The molecule has 1 amide bonds. The highest BCUT2D eigenvalue weighted by molar-refractivity contribution is 6.05. The van der Waals surface area contributed by atoms with Crippen LogP contribution in [0.1, 0.15) is 16.1 Å². The molecule has 0 aliphatic carbocycles. The average molecular weight is 312 g/mol. The summed E-state index contributed by atoms with van der Waals surface area (Å²) in [6.07, 6.45) is 5.97. The summed E-state index contributed by atoms with van der Waals surface area (Å²) in [4.78, 5) is 19.8. The number of carbonyl (C=O) groups is 1. The third-order valence-electron chi connectivity index (χ3n) is 3.09. The van der Waals surface area contributed by atoms with E-state index in [1.165, 1.54) is 30.7 Å². The van der Waals surface area contributed by atoms with Crippen LogP contribution in [0.15, 0.2) is 49.1 Å². The van der Waals surface area contributed by atoms with Crippen molar-refractivity contribution in [3.8, 4) is 0 Å². The van der Waals surface area contributed by atoms with E-state index in [-0.39, 0.29) is 17.3 Å². The molecule has 0 unspecified atom stereocenters. The lowest BCUT2D eigenvalue weighted by atomic mass is 10.2. The number of carbonyl (C=O) groups excluding carboxylic acids is 1. The Balaban J connectivity index is 1.69. The Kier molecular flexibility index (Phi) is 3.96. The molecule has 7 nitrogen and oxygen atoms in total. The van der Waals surface area contributed by atoms with Crippen molar-refractivity contribution >= 4 is 17.4 Å². The summed E-state index contributed by atoms with van der Waals surface area (Å²) in [5.41, 5.74) is 7.06. The Hall–Kier alpha value is -3.29. The molecule has 8 heteroatoms. The standard InChI is InChI=1S/C15H13FN6O/c16-11-3-1-10(2-4-11)8-22-9-12(7-20-22)21-15(23)13-14(17)19-6-5-18-13/h1-7,9H,8H2,(H2,17,19)(H,21,23). The quantitative estimate of drug-likeness (QED) is 0.764. The van der Waals surface area contributed by atoms with Crippen molar-refractivity contribution in [1.82, 2.24) is 19.7 Å². The molecule has 0 aliphatic rings. The van der Waals surface area contributed by atoms with Crippen molar-refractivity contribution in [2.45, 2.75) is 6.54 Å². The Bertz CT molecular complexity index is 830. The van der Waals surface area contributed by atoms with E-state index in [1.54, 1.807) is 23.0 Å². The molecule has 0 fully saturated rings. The van der Waals surface area contributed by atoms with Crippen molar-refractivity contribution in [3.05, 3.63) is 66.1 Å². The van der Waals surface area contributed by atoms with Crippen LogP contribution in [0, 0.1) is 5.82 Å². The first-order chi connectivity index (χ1) is 11.1. The van der Waals surface area contributed by atoms with E-state index in [0.717, 1.165) is 5.56 Å². The van der Waals surface area contributed by atoms with Gasteiger partial charge in [0, 0.05) is 18.6 Å². The molecule has 3 N–H and O–H groups in total. The second-order valence-corrected chi connectivity index (χ2v) is 4.80. The van der Waals surface area contributed by atoms with Gasteiger partial charge in [-0.15, -0.1) is 0 Å². The van der Waals surface area contributed by atoms with E-state index in [9.17, 15) is 9.18 Å². The van der Waals surface area contributed by atoms with Crippen molar-refractivity contribution in [3.63, 3.8) is 0 Å². The van der Waals surface area contributed by atoms with Gasteiger partial charge >= 0.3 is 0 Å². The first-order valence-corrected chi connectivity index (χ1v) is 6.76. The van der Waals surface area contributed by atoms with Gasteiger partial charge in [-0.25, -0.2) is 14.4 Å². The molecule has 0 saturated heterocycles. The smallest absolute Gasteiger partial charge is 0.278 e. The highest BCUT2D eigenvalue weighted by atomic mass is 19.1. The molecule has 3 rings (SSSR count). The highest BCUT2D eigenvalue weighted by Gasteiger charge is 2.13. The maximum Gasteiger partial charge on any atom is 0.278 e. The monoisotopic (exact) mass is 312 g/mol. The molecule has 23 heavy (non-hydrogen) atoms. The van der Waals surface area contributed by atoms with E-state index in [4.69, 9.17) is 5.73 Å². The minimum Gasteiger partial charge on any atom is -0.382 e. The Morgan fingerprint density at radius 3 is 2.70 bits per heavy atom. The minimum atomic E-state index is -0.461. The summed E-state index contributed by atoms with van der Waals surface area (Å²) in [7, 11) is 0. The fraction of sp³-hybridized carbons (Fsp3) is 0.0667. The largest absolute Gasteiger partial charge is 0.382 e. The van der Waals surface area contributed by atoms with Crippen molar-refractivity contribution < 1.29 is 9.18 Å². The van der Waals surface area contributed by atoms with E-state index < -0.39 is 5.91 Å². The fourth-order valence-corrected chi connectivity index (χ4v) is 2.01. The van der Waals surface area contributed by atoms with Crippen LogP contribution in [0.25, 0.3) is 0 Å². The lowest BCUT2D eigenvalue weighted by molar-refractivity contribution is 0.102. The molecule has 2 heterocycles. The summed E-state index contributed by atoms with van der Waals surface area (Å²) in [6.45, 7) is 0.462.